The minimum Gasteiger partial charge on any atom is -0.320 e. The zero-order valence-corrected chi connectivity index (χ0v) is 12.2. The number of fused-ring (bicyclic) bond motifs is 1. The van der Waals surface area contributed by atoms with E-state index in [9.17, 15) is 0 Å². The van der Waals surface area contributed by atoms with Crippen LogP contribution in [-0.2, 0) is 6.42 Å². The van der Waals surface area contributed by atoms with Crippen molar-refractivity contribution in [2.45, 2.75) is 12.8 Å². The lowest BCUT2D eigenvalue weighted by Gasteiger charge is -1.99. The Hall–Kier alpha value is -1.85. The van der Waals surface area contributed by atoms with Gasteiger partial charge in [0, 0.05) is 23.6 Å². The first kappa shape index (κ1) is 13.1. The molecule has 3 aromatic rings. The molecule has 2 aromatic heterocycles. The highest BCUT2D eigenvalue weighted by atomic mass is 32.1. The van der Waals surface area contributed by atoms with E-state index < -0.39 is 0 Å². The van der Waals surface area contributed by atoms with E-state index in [0.29, 0.717) is 0 Å². The smallest absolute Gasteiger partial charge is 0.147 e. The topological polar surface area (TPSA) is 50.7 Å². The lowest BCUT2D eigenvalue weighted by molar-refractivity contribution is 0.718. The predicted molar refractivity (Wildman–Crippen MR) is 82.9 cm³/mol. The second-order valence-corrected chi connectivity index (χ2v) is 5.68. The first-order chi connectivity index (χ1) is 9.86. The lowest BCUT2D eigenvalue weighted by Crippen LogP contribution is -2.08. The number of nitrogens with zero attached hydrogens (tertiary/aromatic N) is 3. The van der Waals surface area contributed by atoms with Crippen LogP contribution in [-0.4, -0.2) is 28.8 Å². The Morgan fingerprint density at radius 1 is 1.20 bits per heavy atom. The molecule has 0 aliphatic carbocycles. The molecule has 0 fully saturated rings. The number of benzene rings is 1. The van der Waals surface area contributed by atoms with Gasteiger partial charge < -0.3 is 5.32 Å². The normalized spacial score (nSPS) is 11.1. The minimum atomic E-state index is 0.980. The van der Waals surface area contributed by atoms with Crippen LogP contribution in [0.3, 0.4) is 0 Å². The van der Waals surface area contributed by atoms with Crippen molar-refractivity contribution in [3.63, 3.8) is 0 Å². The summed E-state index contributed by atoms with van der Waals surface area (Å²) in [5.41, 5.74) is 2.12. The Morgan fingerprint density at radius 3 is 3.05 bits per heavy atom. The van der Waals surface area contributed by atoms with Crippen molar-refractivity contribution in [2.75, 3.05) is 13.6 Å². The summed E-state index contributed by atoms with van der Waals surface area (Å²) in [5.74, 6) is 0. The molecule has 0 unspecified atom stereocenters. The molecule has 4 nitrogen and oxygen atoms in total. The van der Waals surface area contributed by atoms with Crippen molar-refractivity contribution >= 4 is 22.2 Å². The van der Waals surface area contributed by atoms with Crippen molar-refractivity contribution in [3.8, 4) is 10.6 Å². The Bertz CT molecular complexity index is 708. The van der Waals surface area contributed by atoms with Gasteiger partial charge in [-0.15, -0.1) is 10.2 Å². The second-order valence-electron chi connectivity index (χ2n) is 4.62. The van der Waals surface area contributed by atoms with Crippen LogP contribution in [0.1, 0.15) is 11.4 Å². The van der Waals surface area contributed by atoms with Crippen LogP contribution in [0.25, 0.3) is 21.5 Å². The monoisotopic (exact) mass is 284 g/mol. The van der Waals surface area contributed by atoms with Gasteiger partial charge in [-0.3, -0.25) is 4.98 Å². The van der Waals surface area contributed by atoms with E-state index in [2.05, 4.69) is 38.7 Å². The highest BCUT2D eigenvalue weighted by Crippen LogP contribution is 2.26. The largest absolute Gasteiger partial charge is 0.320 e. The van der Waals surface area contributed by atoms with Gasteiger partial charge in [-0.1, -0.05) is 17.4 Å². The quantitative estimate of drug-likeness (QED) is 0.732. The lowest BCUT2D eigenvalue weighted by atomic mass is 10.1. The van der Waals surface area contributed by atoms with Crippen LogP contribution in [0.2, 0.25) is 0 Å². The predicted octanol–water partition coefficient (Wildman–Crippen LogP) is 2.91. The Morgan fingerprint density at radius 2 is 2.15 bits per heavy atom. The van der Waals surface area contributed by atoms with Gasteiger partial charge in [0.1, 0.15) is 10.0 Å². The van der Waals surface area contributed by atoms with E-state index in [1.54, 1.807) is 11.3 Å². The van der Waals surface area contributed by atoms with Crippen molar-refractivity contribution in [3.05, 3.63) is 41.5 Å². The zero-order valence-electron chi connectivity index (χ0n) is 11.3. The van der Waals surface area contributed by atoms with E-state index in [0.717, 1.165) is 45.9 Å². The summed E-state index contributed by atoms with van der Waals surface area (Å²) in [6.07, 6.45) is 3.88. The van der Waals surface area contributed by atoms with Gasteiger partial charge >= 0.3 is 0 Å². The van der Waals surface area contributed by atoms with E-state index in [1.807, 2.05) is 25.4 Å². The molecule has 0 spiro atoms. The highest BCUT2D eigenvalue weighted by Gasteiger charge is 2.07. The number of hydrogen-bond acceptors (Lipinski definition) is 5. The summed E-state index contributed by atoms with van der Waals surface area (Å²) >= 11 is 1.67. The van der Waals surface area contributed by atoms with Gasteiger partial charge in [-0.2, -0.15) is 0 Å². The number of rotatable bonds is 5. The second kappa shape index (κ2) is 6.07. The SMILES string of the molecule is CNCCCc1nnc(-c2ccc3ncccc3c2)s1. The summed E-state index contributed by atoms with van der Waals surface area (Å²) < 4.78 is 0. The molecular weight excluding hydrogens is 268 g/mol. The third-order valence-electron chi connectivity index (χ3n) is 3.13. The Kier molecular flexibility index (Phi) is 3.99. The molecule has 1 aromatic carbocycles. The molecular formula is C15H16N4S. The van der Waals surface area contributed by atoms with Crippen molar-refractivity contribution in [1.29, 1.82) is 0 Å². The van der Waals surface area contributed by atoms with Gasteiger partial charge in [-0.05, 0) is 44.3 Å². The molecule has 5 heteroatoms. The van der Waals surface area contributed by atoms with E-state index in [4.69, 9.17) is 0 Å². The molecule has 0 bridgehead atoms. The molecule has 0 aliphatic heterocycles. The first-order valence-electron chi connectivity index (χ1n) is 6.69. The Balaban J connectivity index is 1.83. The zero-order chi connectivity index (χ0) is 13.8. The molecule has 20 heavy (non-hydrogen) atoms. The van der Waals surface area contributed by atoms with Crippen LogP contribution in [0.5, 0.6) is 0 Å². The van der Waals surface area contributed by atoms with Gasteiger partial charge in [0.2, 0.25) is 0 Å². The molecule has 2 heterocycles. The molecule has 0 aliphatic rings. The maximum Gasteiger partial charge on any atom is 0.147 e. The maximum atomic E-state index is 4.33. The third-order valence-corrected chi connectivity index (χ3v) is 4.17. The maximum absolute atomic E-state index is 4.33. The first-order valence-corrected chi connectivity index (χ1v) is 7.50. The fourth-order valence-corrected chi connectivity index (χ4v) is 2.97. The summed E-state index contributed by atoms with van der Waals surface area (Å²) in [4.78, 5) is 4.33. The van der Waals surface area contributed by atoms with Crippen LogP contribution in [0.4, 0.5) is 0 Å². The minimum absolute atomic E-state index is 0.980. The van der Waals surface area contributed by atoms with Gasteiger partial charge in [-0.25, -0.2) is 0 Å². The van der Waals surface area contributed by atoms with Crippen molar-refractivity contribution < 1.29 is 0 Å². The molecule has 0 saturated heterocycles. The number of hydrogen-bond donors (Lipinski definition) is 1. The fourth-order valence-electron chi connectivity index (χ4n) is 2.10. The standard InChI is InChI=1S/C15H16N4S/c1-16-8-3-5-14-18-19-15(20-14)12-6-7-13-11(10-12)4-2-9-17-13/h2,4,6-7,9-10,16H,3,5,8H2,1H3. The number of nitrogens with one attached hydrogen (secondary N) is 1. The van der Waals surface area contributed by atoms with Crippen LogP contribution in [0.15, 0.2) is 36.5 Å². The van der Waals surface area contributed by atoms with Crippen LogP contribution >= 0.6 is 11.3 Å². The van der Waals surface area contributed by atoms with Gasteiger partial charge in [0.15, 0.2) is 0 Å². The molecule has 0 amide bonds. The fraction of sp³-hybridized carbons (Fsp3) is 0.267. The number of pyridine rings is 1. The van der Waals surface area contributed by atoms with Gasteiger partial charge in [0.25, 0.3) is 0 Å². The number of aromatic nitrogens is 3. The van der Waals surface area contributed by atoms with Crippen molar-refractivity contribution in [1.82, 2.24) is 20.5 Å². The average molecular weight is 284 g/mol. The summed E-state index contributed by atoms with van der Waals surface area (Å²) in [5, 5.41) is 14.9. The summed E-state index contributed by atoms with van der Waals surface area (Å²) in [6.45, 7) is 1.01. The van der Waals surface area contributed by atoms with Gasteiger partial charge in [0.05, 0.1) is 5.52 Å². The van der Waals surface area contributed by atoms with E-state index in [-0.39, 0.29) is 0 Å². The Labute approximate surface area is 121 Å². The molecule has 3 rings (SSSR count). The van der Waals surface area contributed by atoms with E-state index >= 15 is 0 Å². The average Bonchev–Trinajstić information content (AvgIpc) is 2.96. The summed E-state index contributed by atoms with van der Waals surface area (Å²) in [6, 6.07) is 10.2. The third kappa shape index (κ3) is 2.84. The van der Waals surface area contributed by atoms with Crippen LogP contribution < -0.4 is 5.32 Å². The molecule has 0 radical (unpaired) electrons. The summed E-state index contributed by atoms with van der Waals surface area (Å²) in [7, 11) is 1.97. The van der Waals surface area contributed by atoms with E-state index in [1.165, 1.54) is 0 Å². The molecule has 1 N–H and O–H groups in total. The highest BCUT2D eigenvalue weighted by molar-refractivity contribution is 7.14. The molecule has 0 saturated carbocycles. The molecule has 102 valence electrons. The van der Waals surface area contributed by atoms with Crippen molar-refractivity contribution in [2.24, 2.45) is 0 Å². The molecule has 0 atom stereocenters. The van der Waals surface area contributed by atoms with Crippen LogP contribution in [0, 0.1) is 0 Å². The number of aryl methyl sites for hydroxylation is 1.